The maximum Gasteiger partial charge on any atom is 0.238 e. The summed E-state index contributed by atoms with van der Waals surface area (Å²) in [6.45, 7) is 2.06. The van der Waals surface area contributed by atoms with Crippen molar-refractivity contribution in [2.24, 2.45) is 0 Å². The van der Waals surface area contributed by atoms with Crippen LogP contribution in [0.2, 0.25) is 0 Å². The molecule has 1 aliphatic rings. The van der Waals surface area contributed by atoms with Crippen LogP contribution in [-0.2, 0) is 14.3 Å². The summed E-state index contributed by atoms with van der Waals surface area (Å²) in [5.41, 5.74) is 0.350. The topological polar surface area (TPSA) is 68.8 Å². The van der Waals surface area contributed by atoms with Gasteiger partial charge < -0.3 is 24.8 Å². The standard InChI is InChI=1S/C15H22N2O4/c1-19-13-6-4-3-5-12(13)17-14(18)9-16-10-15(20-2)7-8-21-11-15/h3-6,16H,7-11H2,1-2H3,(H,17,18). The van der Waals surface area contributed by atoms with Gasteiger partial charge in [-0.15, -0.1) is 0 Å². The average Bonchev–Trinajstić information content (AvgIpc) is 2.97. The van der Waals surface area contributed by atoms with Crippen LogP contribution in [-0.4, -0.2) is 52.0 Å². The van der Waals surface area contributed by atoms with E-state index in [1.165, 1.54) is 0 Å². The molecule has 2 rings (SSSR count). The third-order valence-corrected chi connectivity index (χ3v) is 3.61. The minimum Gasteiger partial charge on any atom is -0.495 e. The highest BCUT2D eigenvalue weighted by Gasteiger charge is 2.34. The number of para-hydroxylation sites is 2. The molecule has 1 saturated heterocycles. The molecule has 1 amide bonds. The number of hydrogen-bond acceptors (Lipinski definition) is 5. The Kier molecular flexibility index (Phi) is 5.55. The Hall–Kier alpha value is -1.63. The summed E-state index contributed by atoms with van der Waals surface area (Å²) in [4.78, 5) is 11.9. The van der Waals surface area contributed by atoms with Crippen molar-refractivity contribution in [3.63, 3.8) is 0 Å². The molecule has 0 saturated carbocycles. The van der Waals surface area contributed by atoms with Crippen LogP contribution in [0.4, 0.5) is 5.69 Å². The van der Waals surface area contributed by atoms with Crippen molar-refractivity contribution in [2.45, 2.75) is 12.0 Å². The van der Waals surface area contributed by atoms with E-state index in [-0.39, 0.29) is 18.1 Å². The number of nitrogens with one attached hydrogen (secondary N) is 2. The minimum absolute atomic E-state index is 0.121. The average molecular weight is 294 g/mol. The van der Waals surface area contributed by atoms with Crippen molar-refractivity contribution in [1.82, 2.24) is 5.32 Å². The molecule has 1 heterocycles. The van der Waals surface area contributed by atoms with Crippen molar-refractivity contribution < 1.29 is 19.0 Å². The second-order valence-corrected chi connectivity index (χ2v) is 5.04. The summed E-state index contributed by atoms with van der Waals surface area (Å²) in [7, 11) is 3.25. The zero-order valence-corrected chi connectivity index (χ0v) is 12.5. The number of hydrogen-bond donors (Lipinski definition) is 2. The molecule has 0 aromatic heterocycles. The molecule has 6 heteroatoms. The lowest BCUT2D eigenvalue weighted by Gasteiger charge is -2.25. The second-order valence-electron chi connectivity index (χ2n) is 5.04. The first-order chi connectivity index (χ1) is 10.2. The molecule has 1 fully saturated rings. The maximum absolute atomic E-state index is 11.9. The van der Waals surface area contributed by atoms with Crippen molar-refractivity contribution in [3.05, 3.63) is 24.3 Å². The van der Waals surface area contributed by atoms with Crippen molar-refractivity contribution in [1.29, 1.82) is 0 Å². The summed E-state index contributed by atoms with van der Waals surface area (Å²) in [6, 6.07) is 7.31. The van der Waals surface area contributed by atoms with E-state index in [1.54, 1.807) is 26.4 Å². The zero-order chi connectivity index (χ0) is 15.1. The lowest BCUT2D eigenvalue weighted by atomic mass is 10.0. The molecule has 1 aliphatic heterocycles. The van der Waals surface area contributed by atoms with Crippen LogP contribution in [0.1, 0.15) is 6.42 Å². The predicted octanol–water partition coefficient (Wildman–Crippen LogP) is 1.03. The molecule has 1 unspecified atom stereocenters. The molecular formula is C15H22N2O4. The van der Waals surface area contributed by atoms with E-state index in [9.17, 15) is 4.79 Å². The van der Waals surface area contributed by atoms with Gasteiger partial charge in [-0.25, -0.2) is 0 Å². The van der Waals surface area contributed by atoms with E-state index >= 15 is 0 Å². The maximum atomic E-state index is 11.9. The fourth-order valence-electron chi connectivity index (χ4n) is 2.31. The predicted molar refractivity (Wildman–Crippen MR) is 79.7 cm³/mol. The van der Waals surface area contributed by atoms with Crippen LogP contribution in [0, 0.1) is 0 Å². The number of amides is 1. The first-order valence-corrected chi connectivity index (χ1v) is 6.95. The summed E-state index contributed by atoms with van der Waals surface area (Å²) >= 11 is 0. The summed E-state index contributed by atoms with van der Waals surface area (Å²) in [5.74, 6) is 0.521. The van der Waals surface area contributed by atoms with Crippen molar-refractivity contribution >= 4 is 11.6 Å². The van der Waals surface area contributed by atoms with Crippen LogP contribution in [0.5, 0.6) is 5.75 Å². The zero-order valence-electron chi connectivity index (χ0n) is 12.5. The number of anilines is 1. The van der Waals surface area contributed by atoms with E-state index in [4.69, 9.17) is 14.2 Å². The highest BCUT2D eigenvalue weighted by atomic mass is 16.5. The Morgan fingerprint density at radius 3 is 2.86 bits per heavy atom. The van der Waals surface area contributed by atoms with E-state index in [2.05, 4.69) is 10.6 Å². The summed E-state index contributed by atoms with van der Waals surface area (Å²) in [5, 5.41) is 5.94. The minimum atomic E-state index is -0.315. The Morgan fingerprint density at radius 2 is 2.19 bits per heavy atom. The van der Waals surface area contributed by atoms with Crippen molar-refractivity contribution in [2.75, 3.05) is 45.8 Å². The van der Waals surface area contributed by atoms with Gasteiger partial charge in [0.25, 0.3) is 0 Å². The van der Waals surface area contributed by atoms with Gasteiger partial charge in [0.05, 0.1) is 25.9 Å². The van der Waals surface area contributed by atoms with Crippen LogP contribution in [0.3, 0.4) is 0 Å². The molecule has 0 bridgehead atoms. The SMILES string of the molecule is COc1ccccc1NC(=O)CNCC1(OC)CCOC1. The quantitative estimate of drug-likeness (QED) is 0.786. The first kappa shape index (κ1) is 15.8. The summed E-state index contributed by atoms with van der Waals surface area (Å²) < 4.78 is 16.0. The van der Waals surface area contributed by atoms with E-state index < -0.39 is 0 Å². The third-order valence-electron chi connectivity index (χ3n) is 3.61. The fraction of sp³-hybridized carbons (Fsp3) is 0.533. The van der Waals surface area contributed by atoms with E-state index in [0.717, 1.165) is 6.42 Å². The molecule has 0 spiro atoms. The van der Waals surface area contributed by atoms with Crippen molar-refractivity contribution in [3.8, 4) is 5.75 Å². The lowest BCUT2D eigenvalue weighted by molar-refractivity contribution is -0.115. The van der Waals surface area contributed by atoms with Gasteiger partial charge in [-0.1, -0.05) is 12.1 Å². The number of ether oxygens (including phenoxy) is 3. The number of carbonyl (C=O) groups excluding carboxylic acids is 1. The summed E-state index contributed by atoms with van der Waals surface area (Å²) in [6.07, 6.45) is 0.838. The molecule has 21 heavy (non-hydrogen) atoms. The molecule has 2 N–H and O–H groups in total. The Labute approximate surface area is 124 Å². The van der Waals surface area contributed by atoms with Gasteiger partial charge in [-0.05, 0) is 12.1 Å². The van der Waals surface area contributed by atoms with Crippen LogP contribution >= 0.6 is 0 Å². The molecular weight excluding hydrogens is 272 g/mol. The van der Waals surface area contributed by atoms with Crippen LogP contribution < -0.4 is 15.4 Å². The monoisotopic (exact) mass is 294 g/mol. The number of benzene rings is 1. The molecule has 6 nitrogen and oxygen atoms in total. The van der Waals surface area contributed by atoms with E-state index in [1.807, 2.05) is 12.1 Å². The van der Waals surface area contributed by atoms with Gasteiger partial charge in [-0.2, -0.15) is 0 Å². The van der Waals surface area contributed by atoms with Gasteiger partial charge in [0, 0.05) is 26.7 Å². The van der Waals surface area contributed by atoms with Gasteiger partial charge in [-0.3, -0.25) is 4.79 Å². The second kappa shape index (κ2) is 7.40. The largest absolute Gasteiger partial charge is 0.495 e. The van der Waals surface area contributed by atoms with Gasteiger partial charge in [0.2, 0.25) is 5.91 Å². The van der Waals surface area contributed by atoms with Gasteiger partial charge in [0.15, 0.2) is 0 Å². The highest BCUT2D eigenvalue weighted by Crippen LogP contribution is 2.23. The Balaban J connectivity index is 1.79. The van der Waals surface area contributed by atoms with Crippen LogP contribution in [0.15, 0.2) is 24.3 Å². The van der Waals surface area contributed by atoms with E-state index in [0.29, 0.717) is 31.2 Å². The Bertz CT molecular complexity index is 472. The van der Waals surface area contributed by atoms with Crippen LogP contribution in [0.25, 0.3) is 0 Å². The lowest BCUT2D eigenvalue weighted by Crippen LogP contribution is -2.45. The van der Waals surface area contributed by atoms with Gasteiger partial charge >= 0.3 is 0 Å². The fourth-order valence-corrected chi connectivity index (χ4v) is 2.31. The number of rotatable bonds is 7. The molecule has 1 aromatic carbocycles. The van der Waals surface area contributed by atoms with Gasteiger partial charge in [0.1, 0.15) is 11.4 Å². The highest BCUT2D eigenvalue weighted by molar-refractivity contribution is 5.93. The molecule has 1 atom stereocenters. The Morgan fingerprint density at radius 1 is 1.38 bits per heavy atom. The normalized spacial score (nSPS) is 21.2. The number of methoxy groups -OCH3 is 2. The number of carbonyl (C=O) groups is 1. The molecule has 0 aliphatic carbocycles. The molecule has 1 aromatic rings. The third kappa shape index (κ3) is 4.17. The molecule has 116 valence electrons. The molecule has 0 radical (unpaired) electrons. The first-order valence-electron chi connectivity index (χ1n) is 6.95. The smallest absolute Gasteiger partial charge is 0.238 e.